The van der Waals surface area contributed by atoms with E-state index in [0.29, 0.717) is 6.61 Å². The van der Waals surface area contributed by atoms with Crippen molar-refractivity contribution in [3.05, 3.63) is 0 Å². The Morgan fingerprint density at radius 2 is 2.38 bits per heavy atom. The van der Waals surface area contributed by atoms with Crippen molar-refractivity contribution in [3.8, 4) is 0 Å². The Morgan fingerprint density at radius 1 is 1.88 bits per heavy atom. The fourth-order valence-electron chi connectivity index (χ4n) is 0.596. The average molecular weight is 139 g/mol. The summed E-state index contributed by atoms with van der Waals surface area (Å²) in [5.74, 6) is 0. The van der Waals surface area contributed by atoms with Crippen LogP contribution in [-0.2, 0) is 4.74 Å². The monoisotopic (exact) mass is 138 g/mol. The quantitative estimate of drug-likeness (QED) is 0.501. The van der Waals surface area contributed by atoms with Crippen molar-refractivity contribution in [3.63, 3.8) is 0 Å². The standard InChI is InChI=1S/C5H8ClFO/c1-5(4(6)7)2-3-8-5/h4H,2-3H2,1H3. The lowest BCUT2D eigenvalue weighted by atomic mass is 9.99. The van der Waals surface area contributed by atoms with Gasteiger partial charge >= 0.3 is 0 Å². The Labute approximate surface area is 52.8 Å². The van der Waals surface area contributed by atoms with Crippen LogP contribution in [0.5, 0.6) is 0 Å². The normalized spacial score (nSPS) is 40.9. The molecule has 8 heavy (non-hydrogen) atoms. The second-order valence-electron chi connectivity index (χ2n) is 2.21. The third-order valence-electron chi connectivity index (χ3n) is 1.49. The minimum atomic E-state index is -1.35. The van der Waals surface area contributed by atoms with E-state index in [9.17, 15) is 4.39 Å². The van der Waals surface area contributed by atoms with Crippen LogP contribution >= 0.6 is 11.6 Å². The van der Waals surface area contributed by atoms with E-state index in [4.69, 9.17) is 16.3 Å². The van der Waals surface area contributed by atoms with Crippen LogP contribution in [0.3, 0.4) is 0 Å². The second-order valence-corrected chi connectivity index (χ2v) is 2.59. The molecule has 1 fully saturated rings. The van der Waals surface area contributed by atoms with Gasteiger partial charge in [0.1, 0.15) is 5.60 Å². The van der Waals surface area contributed by atoms with Gasteiger partial charge in [0.25, 0.3) is 0 Å². The first-order valence-electron chi connectivity index (χ1n) is 2.57. The van der Waals surface area contributed by atoms with Crippen LogP contribution < -0.4 is 0 Å². The van der Waals surface area contributed by atoms with Crippen molar-refractivity contribution >= 4 is 11.6 Å². The van der Waals surface area contributed by atoms with E-state index < -0.39 is 11.2 Å². The zero-order chi connectivity index (χ0) is 6.20. The van der Waals surface area contributed by atoms with Crippen molar-refractivity contribution in [1.82, 2.24) is 0 Å². The predicted molar refractivity (Wildman–Crippen MR) is 29.7 cm³/mol. The average Bonchev–Trinajstić information content (AvgIpc) is 1.60. The largest absolute Gasteiger partial charge is 0.371 e. The molecule has 0 N–H and O–H groups in total. The number of hydrogen-bond donors (Lipinski definition) is 0. The van der Waals surface area contributed by atoms with E-state index in [1.807, 2.05) is 0 Å². The summed E-state index contributed by atoms with van der Waals surface area (Å²) < 4.78 is 17.0. The molecule has 1 heterocycles. The summed E-state index contributed by atoms with van der Waals surface area (Å²) in [4.78, 5) is 0. The molecular formula is C5H8ClFO. The van der Waals surface area contributed by atoms with Crippen LogP contribution in [-0.4, -0.2) is 17.8 Å². The van der Waals surface area contributed by atoms with Crippen LogP contribution in [0.15, 0.2) is 0 Å². The number of ether oxygens (including phenoxy) is 1. The van der Waals surface area contributed by atoms with E-state index in [2.05, 4.69) is 0 Å². The number of rotatable bonds is 1. The molecule has 0 aliphatic carbocycles. The van der Waals surface area contributed by atoms with E-state index >= 15 is 0 Å². The summed E-state index contributed by atoms with van der Waals surface area (Å²) in [7, 11) is 0. The van der Waals surface area contributed by atoms with Gasteiger partial charge in [-0.3, -0.25) is 0 Å². The highest BCUT2D eigenvalue weighted by Gasteiger charge is 2.40. The molecule has 0 amide bonds. The summed E-state index contributed by atoms with van der Waals surface area (Å²) in [6.45, 7) is 2.32. The van der Waals surface area contributed by atoms with E-state index in [1.54, 1.807) is 6.92 Å². The van der Waals surface area contributed by atoms with Crippen LogP contribution in [0.25, 0.3) is 0 Å². The molecule has 48 valence electrons. The van der Waals surface area contributed by atoms with Crippen LogP contribution in [0.1, 0.15) is 13.3 Å². The first kappa shape index (κ1) is 6.30. The van der Waals surface area contributed by atoms with Crippen molar-refractivity contribution in [2.24, 2.45) is 0 Å². The molecule has 2 atom stereocenters. The minimum Gasteiger partial charge on any atom is -0.371 e. The summed E-state index contributed by atoms with van der Waals surface area (Å²) in [5, 5.41) is 0. The molecule has 0 aromatic carbocycles. The molecule has 0 aromatic heterocycles. The first-order valence-corrected chi connectivity index (χ1v) is 3.01. The van der Waals surface area contributed by atoms with Crippen molar-refractivity contribution in [2.75, 3.05) is 6.61 Å². The van der Waals surface area contributed by atoms with Gasteiger partial charge < -0.3 is 4.74 Å². The maximum absolute atomic E-state index is 12.2. The minimum absolute atomic E-state index is 0.642. The van der Waals surface area contributed by atoms with Gasteiger partial charge in [0.15, 0.2) is 0 Å². The molecule has 2 unspecified atom stereocenters. The number of alkyl halides is 2. The number of halogens is 2. The van der Waals surface area contributed by atoms with Crippen LogP contribution in [0.4, 0.5) is 4.39 Å². The smallest absolute Gasteiger partial charge is 0.201 e. The lowest BCUT2D eigenvalue weighted by Gasteiger charge is -2.38. The SMILES string of the molecule is CC1(C(F)Cl)CCO1. The maximum Gasteiger partial charge on any atom is 0.201 e. The molecule has 0 aromatic rings. The van der Waals surface area contributed by atoms with Crippen molar-refractivity contribution < 1.29 is 9.13 Å². The first-order chi connectivity index (χ1) is 3.65. The lowest BCUT2D eigenvalue weighted by molar-refractivity contribution is -0.154. The zero-order valence-electron chi connectivity index (χ0n) is 4.66. The molecule has 0 radical (unpaired) electrons. The summed E-state index contributed by atoms with van der Waals surface area (Å²) in [6, 6.07) is 0. The molecule has 1 saturated heterocycles. The summed E-state index contributed by atoms with van der Waals surface area (Å²) in [5.41, 5.74) is -2.03. The van der Waals surface area contributed by atoms with Gasteiger partial charge in [-0.25, -0.2) is 4.39 Å². The molecule has 0 spiro atoms. The molecule has 1 nitrogen and oxygen atoms in total. The van der Waals surface area contributed by atoms with Gasteiger partial charge in [-0.05, 0) is 6.92 Å². The molecule has 0 bridgehead atoms. The molecule has 0 saturated carbocycles. The fraction of sp³-hybridized carbons (Fsp3) is 1.00. The summed E-state index contributed by atoms with van der Waals surface area (Å²) >= 11 is 5.13. The maximum atomic E-state index is 12.2. The van der Waals surface area contributed by atoms with Gasteiger partial charge in [0.05, 0.1) is 6.61 Å². The highest BCUT2D eigenvalue weighted by atomic mass is 35.5. The molecule has 1 rings (SSSR count). The van der Waals surface area contributed by atoms with Gasteiger partial charge in [0.2, 0.25) is 5.63 Å². The van der Waals surface area contributed by atoms with Crippen LogP contribution in [0.2, 0.25) is 0 Å². The Morgan fingerprint density at radius 3 is 2.38 bits per heavy atom. The van der Waals surface area contributed by atoms with E-state index in [1.165, 1.54) is 0 Å². The van der Waals surface area contributed by atoms with Gasteiger partial charge in [-0.2, -0.15) is 0 Å². The van der Waals surface area contributed by atoms with Crippen molar-refractivity contribution in [1.29, 1.82) is 0 Å². The molecule has 3 heteroatoms. The third-order valence-corrected chi connectivity index (χ3v) is 1.95. The van der Waals surface area contributed by atoms with Gasteiger partial charge in [-0.1, -0.05) is 11.6 Å². The predicted octanol–water partition coefficient (Wildman–Crippen LogP) is 1.70. The molecular weight excluding hydrogens is 131 g/mol. The lowest BCUT2D eigenvalue weighted by Crippen LogP contribution is -2.46. The highest BCUT2D eigenvalue weighted by Crippen LogP contribution is 2.32. The van der Waals surface area contributed by atoms with Gasteiger partial charge in [0, 0.05) is 6.42 Å². The van der Waals surface area contributed by atoms with Crippen molar-refractivity contribution in [2.45, 2.75) is 24.6 Å². The third kappa shape index (κ3) is 0.825. The van der Waals surface area contributed by atoms with Crippen LogP contribution in [0, 0.1) is 0 Å². The Kier molecular flexibility index (Phi) is 1.46. The Balaban J connectivity index is 2.41. The van der Waals surface area contributed by atoms with Gasteiger partial charge in [-0.15, -0.1) is 0 Å². The Bertz CT molecular complexity index is 90.4. The zero-order valence-corrected chi connectivity index (χ0v) is 5.41. The summed E-state index contributed by atoms with van der Waals surface area (Å²) in [6.07, 6.45) is 0.734. The number of hydrogen-bond acceptors (Lipinski definition) is 1. The molecule has 1 aliphatic heterocycles. The molecule has 1 aliphatic rings. The highest BCUT2D eigenvalue weighted by molar-refractivity contribution is 6.20. The topological polar surface area (TPSA) is 9.23 Å². The fourth-order valence-corrected chi connectivity index (χ4v) is 0.768. The second kappa shape index (κ2) is 1.85. The van der Waals surface area contributed by atoms with E-state index in [0.717, 1.165) is 6.42 Å². The van der Waals surface area contributed by atoms with E-state index in [-0.39, 0.29) is 0 Å². The Hall–Kier alpha value is 0.180.